The number of hydrogen-bond donors (Lipinski definition) is 0. The van der Waals surface area contributed by atoms with Crippen molar-refractivity contribution in [1.29, 1.82) is 0 Å². The average Bonchev–Trinajstić information content (AvgIpc) is 3.04. The lowest BCUT2D eigenvalue weighted by Crippen LogP contribution is -1.96. The Bertz CT molecular complexity index is 348. The van der Waals surface area contributed by atoms with Crippen LogP contribution in [0.2, 0.25) is 0 Å². The predicted octanol–water partition coefficient (Wildman–Crippen LogP) is 2.04. The summed E-state index contributed by atoms with van der Waals surface area (Å²) in [6.45, 7) is 2.33. The van der Waals surface area contributed by atoms with Crippen molar-refractivity contribution in [2.75, 3.05) is 20.1 Å². The van der Waals surface area contributed by atoms with Gasteiger partial charge in [0.25, 0.3) is 0 Å². The van der Waals surface area contributed by atoms with Crippen LogP contribution < -0.4 is 0 Å². The van der Waals surface area contributed by atoms with Crippen LogP contribution in [0.3, 0.4) is 0 Å². The van der Waals surface area contributed by atoms with Gasteiger partial charge in [-0.2, -0.15) is 0 Å². The predicted molar refractivity (Wildman–Crippen MR) is 60.4 cm³/mol. The van der Waals surface area contributed by atoms with Crippen molar-refractivity contribution in [3.8, 4) is 0 Å². The van der Waals surface area contributed by atoms with Crippen LogP contribution in [-0.2, 0) is 0 Å². The van der Waals surface area contributed by atoms with E-state index < -0.39 is 0 Å². The van der Waals surface area contributed by atoms with Crippen molar-refractivity contribution < 1.29 is 0 Å². The average molecular weight is 186 g/mol. The molecule has 1 aromatic rings. The molecule has 1 aliphatic rings. The monoisotopic (exact) mass is 186 g/mol. The van der Waals surface area contributed by atoms with E-state index in [0.717, 1.165) is 13.1 Å². The van der Waals surface area contributed by atoms with Gasteiger partial charge in [0.05, 0.1) is 0 Å². The summed E-state index contributed by atoms with van der Waals surface area (Å²) in [5.41, 5.74) is 2.54. The van der Waals surface area contributed by atoms with Gasteiger partial charge >= 0.3 is 0 Å². The number of rotatable bonds is 3. The van der Waals surface area contributed by atoms with Crippen LogP contribution in [0.5, 0.6) is 0 Å². The van der Waals surface area contributed by atoms with Crippen LogP contribution in [0.25, 0.3) is 5.70 Å². The molecule has 1 aliphatic heterocycles. The van der Waals surface area contributed by atoms with Gasteiger partial charge in [0, 0.05) is 32.0 Å². The Hall–Kier alpha value is -1.57. The minimum absolute atomic E-state index is 1.16. The summed E-state index contributed by atoms with van der Waals surface area (Å²) in [5, 5.41) is 0. The quantitative estimate of drug-likeness (QED) is 0.521. The largest absolute Gasteiger partial charge is 0.367 e. The Labute approximate surface area is 84.6 Å². The van der Waals surface area contributed by atoms with Gasteiger partial charge in [0.15, 0.2) is 0 Å². The molecule has 2 heteroatoms. The Balaban J connectivity index is 2.27. The van der Waals surface area contributed by atoms with Crippen LogP contribution >= 0.6 is 0 Å². The van der Waals surface area contributed by atoms with Crippen LogP contribution in [-0.4, -0.2) is 31.3 Å². The molecule has 72 valence electrons. The summed E-state index contributed by atoms with van der Waals surface area (Å²) < 4.78 is 0. The fourth-order valence-electron chi connectivity index (χ4n) is 1.43. The first-order valence-electron chi connectivity index (χ1n) is 4.84. The lowest BCUT2D eigenvalue weighted by atomic mass is 10.1. The van der Waals surface area contributed by atoms with Crippen molar-refractivity contribution in [2.45, 2.75) is 0 Å². The minimum atomic E-state index is 1.16. The van der Waals surface area contributed by atoms with Crippen LogP contribution in [0.1, 0.15) is 5.56 Å². The smallest absolute Gasteiger partial charge is 0.0456 e. The van der Waals surface area contributed by atoms with Gasteiger partial charge in [-0.15, -0.1) is 0 Å². The van der Waals surface area contributed by atoms with E-state index in [1.165, 1.54) is 11.3 Å². The molecule has 0 spiro atoms. The molecule has 0 bridgehead atoms. The number of aliphatic imine (C=N–C) groups is 1. The van der Waals surface area contributed by atoms with E-state index in [1.807, 2.05) is 12.3 Å². The molecule has 0 aliphatic carbocycles. The summed E-state index contributed by atoms with van der Waals surface area (Å²) in [4.78, 5) is 6.31. The second-order valence-corrected chi connectivity index (χ2v) is 3.31. The first-order valence-corrected chi connectivity index (χ1v) is 4.84. The molecule has 1 saturated heterocycles. The van der Waals surface area contributed by atoms with E-state index in [-0.39, 0.29) is 0 Å². The zero-order valence-corrected chi connectivity index (χ0v) is 8.35. The summed E-state index contributed by atoms with van der Waals surface area (Å²) in [7, 11) is 1.79. The minimum Gasteiger partial charge on any atom is -0.367 e. The van der Waals surface area contributed by atoms with Crippen molar-refractivity contribution >= 4 is 11.9 Å². The third-order valence-electron chi connectivity index (χ3n) is 2.24. The standard InChI is InChI=1S/C12H14N2/c1-13-8-7-12(14-9-10-14)11-5-3-2-4-6-11/h2-8H,9-10H2,1H3/b12-7-,13-8?. The van der Waals surface area contributed by atoms with E-state index in [1.54, 1.807) is 7.05 Å². The molecule has 0 radical (unpaired) electrons. The van der Waals surface area contributed by atoms with Crippen molar-refractivity contribution in [3.63, 3.8) is 0 Å². The highest BCUT2D eigenvalue weighted by Crippen LogP contribution is 2.24. The molecule has 0 N–H and O–H groups in total. The molecular weight excluding hydrogens is 172 g/mol. The molecule has 0 aromatic heterocycles. The zero-order valence-electron chi connectivity index (χ0n) is 8.35. The molecule has 0 saturated carbocycles. The summed E-state index contributed by atoms with van der Waals surface area (Å²) in [6.07, 6.45) is 3.92. The highest BCUT2D eigenvalue weighted by atomic mass is 15.3. The van der Waals surface area contributed by atoms with Gasteiger partial charge in [0.1, 0.15) is 0 Å². The Morgan fingerprint density at radius 1 is 1.29 bits per heavy atom. The normalized spacial score (nSPS) is 16.4. The van der Waals surface area contributed by atoms with Crippen molar-refractivity contribution in [2.24, 2.45) is 4.99 Å². The van der Waals surface area contributed by atoms with E-state index in [4.69, 9.17) is 0 Å². The molecule has 2 rings (SSSR count). The van der Waals surface area contributed by atoms with Crippen LogP contribution in [0, 0.1) is 0 Å². The maximum absolute atomic E-state index is 3.98. The van der Waals surface area contributed by atoms with Gasteiger partial charge in [-0.05, 0) is 11.6 Å². The van der Waals surface area contributed by atoms with E-state index >= 15 is 0 Å². The topological polar surface area (TPSA) is 15.4 Å². The Morgan fingerprint density at radius 2 is 2.00 bits per heavy atom. The molecule has 0 unspecified atom stereocenters. The summed E-state index contributed by atoms with van der Waals surface area (Å²) in [5.74, 6) is 0. The second-order valence-electron chi connectivity index (χ2n) is 3.31. The maximum Gasteiger partial charge on any atom is 0.0456 e. The SMILES string of the molecule is CN=C/C=C(/c1ccccc1)N1CC1. The highest BCUT2D eigenvalue weighted by molar-refractivity contribution is 5.84. The number of hydrogen-bond acceptors (Lipinski definition) is 2. The number of allylic oxidation sites excluding steroid dienone is 1. The van der Waals surface area contributed by atoms with Crippen molar-refractivity contribution in [1.82, 2.24) is 4.90 Å². The fraction of sp³-hybridized carbons (Fsp3) is 0.250. The molecule has 1 fully saturated rings. The molecule has 0 amide bonds. The zero-order chi connectivity index (χ0) is 9.80. The lowest BCUT2D eigenvalue weighted by Gasteiger charge is -2.07. The van der Waals surface area contributed by atoms with E-state index in [0.29, 0.717) is 0 Å². The lowest BCUT2D eigenvalue weighted by molar-refractivity contribution is 0.806. The molecule has 2 nitrogen and oxygen atoms in total. The van der Waals surface area contributed by atoms with Crippen molar-refractivity contribution in [3.05, 3.63) is 42.0 Å². The Morgan fingerprint density at radius 3 is 2.57 bits per heavy atom. The molecule has 1 aromatic carbocycles. The fourth-order valence-corrected chi connectivity index (χ4v) is 1.43. The summed E-state index contributed by atoms with van der Waals surface area (Å²) >= 11 is 0. The third-order valence-corrected chi connectivity index (χ3v) is 2.24. The van der Waals surface area contributed by atoms with Crippen LogP contribution in [0.15, 0.2) is 41.4 Å². The number of nitrogens with zero attached hydrogens (tertiary/aromatic N) is 2. The molecular formula is C12H14N2. The maximum atomic E-state index is 3.98. The number of benzene rings is 1. The Kier molecular flexibility index (Phi) is 2.63. The van der Waals surface area contributed by atoms with E-state index in [9.17, 15) is 0 Å². The van der Waals surface area contributed by atoms with Crippen LogP contribution in [0.4, 0.5) is 0 Å². The third kappa shape index (κ3) is 2.02. The van der Waals surface area contributed by atoms with Gasteiger partial charge in [0.2, 0.25) is 0 Å². The van der Waals surface area contributed by atoms with Gasteiger partial charge in [-0.1, -0.05) is 30.3 Å². The first-order chi connectivity index (χ1) is 6.92. The summed E-state index contributed by atoms with van der Waals surface area (Å²) in [6, 6.07) is 10.4. The second kappa shape index (κ2) is 4.09. The molecule has 14 heavy (non-hydrogen) atoms. The van der Waals surface area contributed by atoms with Gasteiger partial charge < -0.3 is 4.90 Å². The highest BCUT2D eigenvalue weighted by Gasteiger charge is 2.20. The van der Waals surface area contributed by atoms with Gasteiger partial charge in [-0.25, -0.2) is 0 Å². The van der Waals surface area contributed by atoms with Gasteiger partial charge in [-0.3, -0.25) is 4.99 Å². The molecule has 0 atom stereocenters. The van der Waals surface area contributed by atoms with E-state index in [2.05, 4.69) is 40.2 Å². The first kappa shape index (κ1) is 9.00. The molecule has 1 heterocycles.